The van der Waals surface area contributed by atoms with Gasteiger partial charge >= 0.3 is 0 Å². The van der Waals surface area contributed by atoms with Gasteiger partial charge in [-0.05, 0) is 43.3 Å². The summed E-state index contributed by atoms with van der Waals surface area (Å²) in [4.78, 5) is 4.88. The van der Waals surface area contributed by atoms with E-state index in [0.717, 1.165) is 22.5 Å². The Morgan fingerprint density at radius 3 is 2.00 bits per heavy atom. The van der Waals surface area contributed by atoms with Gasteiger partial charge in [0, 0.05) is 5.69 Å². The maximum absolute atomic E-state index is 4.88. The maximum atomic E-state index is 4.88. The van der Waals surface area contributed by atoms with E-state index in [-0.39, 0.29) is 0 Å². The largest absolute Gasteiger partial charge is 0.278 e. The number of aromatic nitrogens is 3. The molecule has 5 aromatic rings. The lowest BCUT2D eigenvalue weighted by molar-refractivity contribution is 1.11. The Morgan fingerprint density at radius 1 is 0.680 bits per heavy atom. The van der Waals surface area contributed by atoms with E-state index >= 15 is 0 Å². The van der Waals surface area contributed by atoms with Crippen LogP contribution >= 0.6 is 0 Å². The quantitative estimate of drug-likeness (QED) is 0.383. The molecule has 0 saturated carbocycles. The fourth-order valence-corrected chi connectivity index (χ4v) is 3.30. The van der Waals surface area contributed by atoms with Gasteiger partial charge < -0.3 is 0 Å². The molecule has 3 nitrogen and oxygen atoms in total. The molecular formula is C22H21N3. The highest BCUT2D eigenvalue weighted by molar-refractivity contribution is 5.91. The predicted octanol–water partition coefficient (Wildman–Crippen LogP) is 5.77. The van der Waals surface area contributed by atoms with Gasteiger partial charge in [0.1, 0.15) is 0 Å². The van der Waals surface area contributed by atoms with Crippen molar-refractivity contribution in [3.63, 3.8) is 0 Å². The van der Waals surface area contributed by atoms with Gasteiger partial charge in [-0.3, -0.25) is 8.97 Å². The monoisotopic (exact) mass is 327 g/mol. The molecule has 0 saturated heterocycles. The summed E-state index contributed by atoms with van der Waals surface area (Å²) in [7, 11) is 0. The van der Waals surface area contributed by atoms with E-state index in [2.05, 4.69) is 82.6 Å². The van der Waals surface area contributed by atoms with Gasteiger partial charge in [0.15, 0.2) is 0 Å². The van der Waals surface area contributed by atoms with Crippen LogP contribution in [0.1, 0.15) is 19.4 Å². The zero-order valence-electron chi connectivity index (χ0n) is 14.8. The number of para-hydroxylation sites is 4. The molecule has 3 aromatic carbocycles. The molecule has 0 aliphatic rings. The normalized spacial score (nSPS) is 11.0. The molecular weight excluding hydrogens is 306 g/mol. The zero-order chi connectivity index (χ0) is 17.4. The van der Waals surface area contributed by atoms with Crippen LogP contribution in [0.2, 0.25) is 0 Å². The molecule has 2 heterocycles. The van der Waals surface area contributed by atoms with Crippen LogP contribution in [0.5, 0.6) is 0 Å². The smallest absolute Gasteiger partial charge is 0.220 e. The number of hydrogen-bond donors (Lipinski definition) is 0. The van der Waals surface area contributed by atoms with E-state index in [0.29, 0.717) is 0 Å². The van der Waals surface area contributed by atoms with E-state index < -0.39 is 0 Å². The first-order valence-corrected chi connectivity index (χ1v) is 8.76. The zero-order valence-corrected chi connectivity index (χ0v) is 14.8. The van der Waals surface area contributed by atoms with Crippen LogP contribution in [0.4, 0.5) is 0 Å². The first kappa shape index (κ1) is 15.5. The van der Waals surface area contributed by atoms with E-state index in [1.807, 2.05) is 19.9 Å². The van der Waals surface area contributed by atoms with Gasteiger partial charge in [0.25, 0.3) is 0 Å². The van der Waals surface area contributed by atoms with Gasteiger partial charge in [-0.2, -0.15) is 0 Å². The molecule has 0 unspecified atom stereocenters. The SMILES string of the molecule is CC.Cc1ccc(-n2c3ccccc3n3c4ccccc4nc23)cc1. The van der Waals surface area contributed by atoms with Crippen molar-refractivity contribution < 1.29 is 0 Å². The van der Waals surface area contributed by atoms with E-state index in [1.165, 1.54) is 16.6 Å². The molecule has 0 fully saturated rings. The Labute approximate surface area is 147 Å². The summed E-state index contributed by atoms with van der Waals surface area (Å²) in [6, 6.07) is 25.3. The predicted molar refractivity (Wildman–Crippen MR) is 106 cm³/mol. The molecule has 0 atom stereocenters. The third kappa shape index (κ3) is 2.31. The van der Waals surface area contributed by atoms with Crippen molar-refractivity contribution in [1.82, 2.24) is 14.0 Å². The highest BCUT2D eigenvalue weighted by Crippen LogP contribution is 2.28. The van der Waals surface area contributed by atoms with E-state index in [4.69, 9.17) is 4.98 Å². The van der Waals surface area contributed by atoms with Crippen molar-refractivity contribution >= 4 is 27.8 Å². The summed E-state index contributed by atoms with van der Waals surface area (Å²) in [5.74, 6) is 0.955. The highest BCUT2D eigenvalue weighted by atomic mass is 15.2. The molecule has 124 valence electrons. The second-order valence-corrected chi connectivity index (χ2v) is 5.90. The number of imidazole rings is 2. The Balaban J connectivity index is 0.000000758. The van der Waals surface area contributed by atoms with Crippen molar-refractivity contribution in [3.05, 3.63) is 78.4 Å². The summed E-state index contributed by atoms with van der Waals surface area (Å²) in [6.07, 6.45) is 0. The van der Waals surface area contributed by atoms with Crippen LogP contribution in [-0.4, -0.2) is 14.0 Å². The van der Waals surface area contributed by atoms with Crippen molar-refractivity contribution in [3.8, 4) is 5.69 Å². The van der Waals surface area contributed by atoms with Gasteiger partial charge in [-0.25, -0.2) is 4.98 Å². The van der Waals surface area contributed by atoms with Gasteiger partial charge in [-0.1, -0.05) is 55.8 Å². The summed E-state index contributed by atoms with van der Waals surface area (Å²) >= 11 is 0. The Kier molecular flexibility index (Phi) is 3.77. The molecule has 0 radical (unpaired) electrons. The molecule has 25 heavy (non-hydrogen) atoms. The topological polar surface area (TPSA) is 22.2 Å². The molecule has 0 N–H and O–H groups in total. The summed E-state index contributed by atoms with van der Waals surface area (Å²) in [5.41, 5.74) is 6.91. The van der Waals surface area contributed by atoms with Gasteiger partial charge in [-0.15, -0.1) is 0 Å². The number of aryl methyl sites for hydroxylation is 1. The number of hydrogen-bond acceptors (Lipinski definition) is 1. The molecule has 0 spiro atoms. The van der Waals surface area contributed by atoms with Crippen LogP contribution in [-0.2, 0) is 0 Å². The Hall–Kier alpha value is -3.07. The molecule has 5 rings (SSSR count). The van der Waals surface area contributed by atoms with Crippen molar-refractivity contribution in [2.45, 2.75) is 20.8 Å². The summed E-state index contributed by atoms with van der Waals surface area (Å²) < 4.78 is 4.47. The van der Waals surface area contributed by atoms with Crippen molar-refractivity contribution in [1.29, 1.82) is 0 Å². The van der Waals surface area contributed by atoms with Gasteiger partial charge in [0.05, 0.1) is 22.1 Å². The number of benzene rings is 3. The lowest BCUT2D eigenvalue weighted by Gasteiger charge is -2.05. The molecule has 2 aromatic heterocycles. The number of fused-ring (bicyclic) bond motifs is 5. The average molecular weight is 327 g/mol. The number of nitrogens with zero attached hydrogens (tertiary/aromatic N) is 3. The molecule has 0 amide bonds. The minimum atomic E-state index is 0.955. The fourth-order valence-electron chi connectivity index (χ4n) is 3.30. The standard InChI is InChI=1S/C20H15N3.C2H6/c1-14-10-12-15(13-11-14)22-18-8-4-5-9-19(18)23-17-7-3-2-6-16(17)21-20(22)23;1-2/h2-13H,1H3;1-2H3. The van der Waals surface area contributed by atoms with Crippen LogP contribution < -0.4 is 0 Å². The highest BCUT2D eigenvalue weighted by Gasteiger charge is 2.16. The maximum Gasteiger partial charge on any atom is 0.220 e. The van der Waals surface area contributed by atoms with Crippen LogP contribution in [0.25, 0.3) is 33.5 Å². The summed E-state index contributed by atoms with van der Waals surface area (Å²) in [6.45, 7) is 6.11. The first-order valence-electron chi connectivity index (χ1n) is 8.76. The lowest BCUT2D eigenvalue weighted by Crippen LogP contribution is -1.94. The fraction of sp³-hybridized carbons (Fsp3) is 0.136. The second-order valence-electron chi connectivity index (χ2n) is 5.90. The molecule has 0 bridgehead atoms. The molecule has 3 heteroatoms. The summed E-state index contributed by atoms with van der Waals surface area (Å²) in [5, 5.41) is 0. The van der Waals surface area contributed by atoms with E-state index in [9.17, 15) is 0 Å². The van der Waals surface area contributed by atoms with E-state index in [1.54, 1.807) is 0 Å². The third-order valence-corrected chi connectivity index (χ3v) is 4.40. The minimum Gasteiger partial charge on any atom is -0.278 e. The molecule has 0 aliphatic carbocycles. The lowest BCUT2D eigenvalue weighted by atomic mass is 10.2. The van der Waals surface area contributed by atoms with Crippen LogP contribution in [0.15, 0.2) is 72.8 Å². The second kappa shape index (κ2) is 6.10. The minimum absolute atomic E-state index is 0.955. The van der Waals surface area contributed by atoms with Crippen molar-refractivity contribution in [2.75, 3.05) is 0 Å². The Morgan fingerprint density at radius 2 is 1.28 bits per heavy atom. The average Bonchev–Trinajstić information content (AvgIpc) is 3.19. The Bertz CT molecular complexity index is 1160. The van der Waals surface area contributed by atoms with Crippen LogP contribution in [0, 0.1) is 6.92 Å². The third-order valence-electron chi connectivity index (χ3n) is 4.40. The first-order chi connectivity index (χ1) is 12.3. The van der Waals surface area contributed by atoms with Gasteiger partial charge in [0.2, 0.25) is 5.78 Å². The molecule has 0 aliphatic heterocycles. The van der Waals surface area contributed by atoms with Crippen molar-refractivity contribution in [2.24, 2.45) is 0 Å². The number of rotatable bonds is 1. The van der Waals surface area contributed by atoms with Crippen LogP contribution in [0.3, 0.4) is 0 Å².